The lowest BCUT2D eigenvalue weighted by molar-refractivity contribution is -0.149. The normalized spacial score (nSPS) is 10.1. The van der Waals surface area contributed by atoms with Crippen LogP contribution in [0.25, 0.3) is 0 Å². The number of hydrogen-bond donors (Lipinski definition) is 1. The van der Waals surface area contributed by atoms with Gasteiger partial charge in [-0.05, 0) is 19.3 Å². The van der Waals surface area contributed by atoms with Gasteiger partial charge in [0, 0.05) is 0 Å². The molecule has 74 valence electrons. The molecule has 0 amide bonds. The first-order valence-corrected chi connectivity index (χ1v) is 4.86. The predicted molar refractivity (Wildman–Crippen MR) is 52.3 cm³/mol. The van der Waals surface area contributed by atoms with Gasteiger partial charge in [0.2, 0.25) is 0 Å². The molecule has 0 spiro atoms. The molecule has 0 aromatic rings. The molecular formula is C10H22O2. The Morgan fingerprint density at radius 3 is 1.33 bits per heavy atom. The molecular weight excluding hydrogens is 152 g/mol. The SMILES string of the molecule is CC.CCC(CC)(CC)C(=O)O. The molecule has 0 atom stereocenters. The molecule has 2 heteroatoms. The van der Waals surface area contributed by atoms with Gasteiger partial charge in [-0.2, -0.15) is 0 Å². The van der Waals surface area contributed by atoms with Gasteiger partial charge in [0.05, 0.1) is 5.41 Å². The highest BCUT2D eigenvalue weighted by Gasteiger charge is 2.32. The van der Waals surface area contributed by atoms with E-state index in [0.29, 0.717) is 0 Å². The van der Waals surface area contributed by atoms with E-state index in [9.17, 15) is 4.79 Å². The fourth-order valence-electron chi connectivity index (χ4n) is 1.20. The Kier molecular flexibility index (Phi) is 8.34. The molecule has 12 heavy (non-hydrogen) atoms. The van der Waals surface area contributed by atoms with Gasteiger partial charge in [0.15, 0.2) is 0 Å². The highest BCUT2D eigenvalue weighted by atomic mass is 16.4. The van der Waals surface area contributed by atoms with Gasteiger partial charge in [0.1, 0.15) is 0 Å². The Hall–Kier alpha value is -0.530. The van der Waals surface area contributed by atoms with Crippen molar-refractivity contribution in [3.05, 3.63) is 0 Å². The lowest BCUT2D eigenvalue weighted by atomic mass is 9.80. The summed E-state index contributed by atoms with van der Waals surface area (Å²) in [5, 5.41) is 8.82. The number of carboxylic acids is 1. The van der Waals surface area contributed by atoms with Gasteiger partial charge in [-0.3, -0.25) is 4.79 Å². The van der Waals surface area contributed by atoms with Crippen LogP contribution in [0.15, 0.2) is 0 Å². The molecule has 1 N–H and O–H groups in total. The van der Waals surface area contributed by atoms with Crippen LogP contribution in [0, 0.1) is 5.41 Å². The first-order chi connectivity index (χ1) is 5.63. The van der Waals surface area contributed by atoms with Gasteiger partial charge in [0.25, 0.3) is 0 Å². The molecule has 0 rings (SSSR count). The molecule has 2 nitrogen and oxygen atoms in total. The minimum absolute atomic E-state index is 0.458. The van der Waals surface area contributed by atoms with Gasteiger partial charge in [-0.25, -0.2) is 0 Å². The summed E-state index contributed by atoms with van der Waals surface area (Å²) in [5.41, 5.74) is -0.458. The number of carboxylic acid groups (broad SMARTS) is 1. The van der Waals surface area contributed by atoms with Crippen molar-refractivity contribution >= 4 is 5.97 Å². The van der Waals surface area contributed by atoms with Gasteiger partial charge < -0.3 is 5.11 Å². The van der Waals surface area contributed by atoms with Crippen LogP contribution in [-0.2, 0) is 4.79 Å². The predicted octanol–water partition coefficient (Wildman–Crippen LogP) is 3.31. The second-order valence-electron chi connectivity index (χ2n) is 2.65. The number of aliphatic carboxylic acids is 1. The second-order valence-corrected chi connectivity index (χ2v) is 2.65. The summed E-state index contributed by atoms with van der Waals surface area (Å²) in [4.78, 5) is 10.7. The zero-order valence-electron chi connectivity index (χ0n) is 8.98. The monoisotopic (exact) mass is 174 g/mol. The number of hydrogen-bond acceptors (Lipinski definition) is 1. The molecule has 0 aliphatic carbocycles. The molecule has 0 unspecified atom stereocenters. The highest BCUT2D eigenvalue weighted by Crippen LogP contribution is 2.30. The Bertz CT molecular complexity index is 107. The fourth-order valence-corrected chi connectivity index (χ4v) is 1.20. The second kappa shape index (κ2) is 7.14. The Balaban J connectivity index is 0. The molecule has 0 radical (unpaired) electrons. The lowest BCUT2D eigenvalue weighted by Gasteiger charge is -2.24. The molecule has 0 aromatic heterocycles. The van der Waals surface area contributed by atoms with Crippen LogP contribution >= 0.6 is 0 Å². The van der Waals surface area contributed by atoms with Crippen LogP contribution < -0.4 is 0 Å². The standard InChI is InChI=1S/C8H16O2.C2H6/c1-4-8(5-2,6-3)7(9)10;1-2/h4-6H2,1-3H3,(H,9,10);1-2H3. The van der Waals surface area contributed by atoms with Crippen molar-refractivity contribution in [3.63, 3.8) is 0 Å². The maximum Gasteiger partial charge on any atom is 0.309 e. The summed E-state index contributed by atoms with van der Waals surface area (Å²) >= 11 is 0. The molecule has 0 saturated carbocycles. The van der Waals surface area contributed by atoms with Crippen LogP contribution in [0.2, 0.25) is 0 Å². The summed E-state index contributed by atoms with van der Waals surface area (Å²) in [7, 11) is 0. The molecule has 0 bridgehead atoms. The van der Waals surface area contributed by atoms with Gasteiger partial charge in [-0.15, -0.1) is 0 Å². The van der Waals surface area contributed by atoms with E-state index in [2.05, 4.69) is 0 Å². The van der Waals surface area contributed by atoms with Crippen LogP contribution in [0.5, 0.6) is 0 Å². The largest absolute Gasteiger partial charge is 0.481 e. The van der Waals surface area contributed by atoms with Crippen molar-refractivity contribution in [2.24, 2.45) is 5.41 Å². The van der Waals surface area contributed by atoms with Crippen LogP contribution in [0.4, 0.5) is 0 Å². The van der Waals surface area contributed by atoms with Crippen molar-refractivity contribution in [2.45, 2.75) is 53.9 Å². The quantitative estimate of drug-likeness (QED) is 0.710. The van der Waals surface area contributed by atoms with Crippen LogP contribution in [-0.4, -0.2) is 11.1 Å². The maximum absolute atomic E-state index is 10.7. The third-order valence-electron chi connectivity index (χ3n) is 2.48. The summed E-state index contributed by atoms with van der Waals surface area (Å²) in [6, 6.07) is 0. The fraction of sp³-hybridized carbons (Fsp3) is 0.900. The molecule has 0 heterocycles. The third-order valence-corrected chi connectivity index (χ3v) is 2.48. The van der Waals surface area contributed by atoms with Gasteiger partial charge in [-0.1, -0.05) is 34.6 Å². The minimum Gasteiger partial charge on any atom is -0.481 e. The number of carbonyl (C=O) groups is 1. The van der Waals surface area contributed by atoms with E-state index >= 15 is 0 Å². The van der Waals surface area contributed by atoms with E-state index < -0.39 is 11.4 Å². The first-order valence-electron chi connectivity index (χ1n) is 4.86. The van der Waals surface area contributed by atoms with E-state index in [1.54, 1.807) is 0 Å². The van der Waals surface area contributed by atoms with Crippen LogP contribution in [0.3, 0.4) is 0 Å². The van der Waals surface area contributed by atoms with Crippen molar-refractivity contribution in [2.75, 3.05) is 0 Å². The first kappa shape index (κ1) is 14.0. The Labute approximate surface area is 76.0 Å². The third kappa shape index (κ3) is 3.24. The Morgan fingerprint density at radius 2 is 1.33 bits per heavy atom. The molecule has 0 aliphatic rings. The summed E-state index contributed by atoms with van der Waals surface area (Å²) in [6.45, 7) is 9.80. The zero-order chi connectivity index (χ0) is 10.2. The number of rotatable bonds is 4. The van der Waals surface area contributed by atoms with E-state index in [0.717, 1.165) is 19.3 Å². The van der Waals surface area contributed by atoms with E-state index in [4.69, 9.17) is 5.11 Å². The summed E-state index contributed by atoms with van der Waals surface area (Å²) in [5.74, 6) is -0.653. The van der Waals surface area contributed by atoms with E-state index in [1.165, 1.54) is 0 Å². The van der Waals surface area contributed by atoms with E-state index in [-0.39, 0.29) is 0 Å². The zero-order valence-corrected chi connectivity index (χ0v) is 8.98. The average Bonchev–Trinajstić information content (AvgIpc) is 2.11. The van der Waals surface area contributed by atoms with Crippen molar-refractivity contribution in [3.8, 4) is 0 Å². The Morgan fingerprint density at radius 1 is 1.08 bits per heavy atom. The van der Waals surface area contributed by atoms with Crippen LogP contribution in [0.1, 0.15) is 53.9 Å². The molecule has 0 aromatic carbocycles. The topological polar surface area (TPSA) is 37.3 Å². The smallest absolute Gasteiger partial charge is 0.309 e. The highest BCUT2D eigenvalue weighted by molar-refractivity contribution is 5.74. The van der Waals surface area contributed by atoms with Crippen molar-refractivity contribution in [1.29, 1.82) is 0 Å². The summed E-state index contributed by atoms with van der Waals surface area (Å²) < 4.78 is 0. The van der Waals surface area contributed by atoms with Crippen molar-refractivity contribution < 1.29 is 9.90 Å². The van der Waals surface area contributed by atoms with Gasteiger partial charge >= 0.3 is 5.97 Å². The molecule has 0 aliphatic heterocycles. The molecule has 0 fully saturated rings. The lowest BCUT2D eigenvalue weighted by Crippen LogP contribution is -2.28. The van der Waals surface area contributed by atoms with Crippen molar-refractivity contribution in [1.82, 2.24) is 0 Å². The average molecular weight is 174 g/mol. The molecule has 0 saturated heterocycles. The maximum atomic E-state index is 10.7. The van der Waals surface area contributed by atoms with E-state index in [1.807, 2.05) is 34.6 Å². The minimum atomic E-state index is -0.653. The summed E-state index contributed by atoms with van der Waals surface area (Å²) in [6.07, 6.45) is 2.19.